The van der Waals surface area contributed by atoms with Crippen molar-refractivity contribution in [3.8, 4) is 0 Å². The van der Waals surface area contributed by atoms with Crippen LogP contribution in [0.15, 0.2) is 0 Å². The predicted octanol–water partition coefficient (Wildman–Crippen LogP) is 2.72. The zero-order valence-corrected chi connectivity index (χ0v) is 10.4. The molecule has 0 aliphatic carbocycles. The summed E-state index contributed by atoms with van der Waals surface area (Å²) >= 11 is 0. The van der Waals surface area contributed by atoms with Crippen LogP contribution in [-0.2, 0) is 0 Å². The number of carbonyl (C=O) groups is 1. The van der Waals surface area contributed by atoms with Gasteiger partial charge in [0, 0.05) is 26.2 Å². The predicted molar refractivity (Wildman–Crippen MR) is 58.6 cm³/mol. The van der Waals surface area contributed by atoms with Crippen molar-refractivity contribution in [1.29, 1.82) is 0 Å². The van der Waals surface area contributed by atoms with Crippen molar-refractivity contribution < 1.29 is 18.0 Å². The summed E-state index contributed by atoms with van der Waals surface area (Å²) in [6, 6.07) is -0.122. The lowest BCUT2D eigenvalue weighted by atomic mass is 9.96. The van der Waals surface area contributed by atoms with E-state index in [-0.39, 0.29) is 38.0 Å². The van der Waals surface area contributed by atoms with Gasteiger partial charge in [0.05, 0.1) is 5.92 Å². The van der Waals surface area contributed by atoms with Gasteiger partial charge in [-0.3, -0.25) is 0 Å². The van der Waals surface area contributed by atoms with Crippen LogP contribution in [0.5, 0.6) is 0 Å². The lowest BCUT2D eigenvalue weighted by molar-refractivity contribution is -0.183. The van der Waals surface area contributed by atoms with Crippen LogP contribution in [0.2, 0.25) is 0 Å². The van der Waals surface area contributed by atoms with Crippen molar-refractivity contribution in [3.05, 3.63) is 0 Å². The molecule has 2 amide bonds. The van der Waals surface area contributed by atoms with Crippen molar-refractivity contribution in [2.75, 3.05) is 20.1 Å². The van der Waals surface area contributed by atoms with E-state index in [1.165, 1.54) is 4.90 Å². The zero-order valence-electron chi connectivity index (χ0n) is 10.4. The third kappa shape index (κ3) is 3.51. The van der Waals surface area contributed by atoms with E-state index in [0.29, 0.717) is 0 Å². The Morgan fingerprint density at radius 2 is 1.76 bits per heavy atom. The highest BCUT2D eigenvalue weighted by Gasteiger charge is 2.42. The number of amides is 2. The Kier molecular flexibility index (Phi) is 4.27. The molecule has 1 fully saturated rings. The van der Waals surface area contributed by atoms with Gasteiger partial charge in [-0.1, -0.05) is 0 Å². The van der Waals surface area contributed by atoms with E-state index < -0.39 is 12.1 Å². The van der Waals surface area contributed by atoms with E-state index in [2.05, 4.69) is 0 Å². The molecular weight excluding hydrogens is 233 g/mol. The topological polar surface area (TPSA) is 23.6 Å². The number of rotatable bonds is 1. The van der Waals surface area contributed by atoms with Crippen LogP contribution in [0.3, 0.4) is 0 Å². The smallest absolute Gasteiger partial charge is 0.325 e. The molecule has 0 saturated carbocycles. The molecule has 1 aliphatic rings. The number of hydrogen-bond acceptors (Lipinski definition) is 1. The van der Waals surface area contributed by atoms with E-state index in [0.717, 1.165) is 0 Å². The first-order chi connectivity index (χ1) is 7.73. The maximum atomic E-state index is 12.4. The Morgan fingerprint density at radius 3 is 2.12 bits per heavy atom. The molecule has 0 aromatic heterocycles. The van der Waals surface area contributed by atoms with Gasteiger partial charge in [-0.25, -0.2) is 4.79 Å². The van der Waals surface area contributed by atoms with Crippen molar-refractivity contribution in [3.63, 3.8) is 0 Å². The number of nitrogens with zero attached hydrogens (tertiary/aromatic N) is 2. The summed E-state index contributed by atoms with van der Waals surface area (Å²) in [6.45, 7) is 4.14. The number of halogens is 3. The average Bonchev–Trinajstić information content (AvgIpc) is 2.26. The van der Waals surface area contributed by atoms with Gasteiger partial charge < -0.3 is 9.80 Å². The summed E-state index contributed by atoms with van der Waals surface area (Å²) in [5.41, 5.74) is 0. The fraction of sp³-hybridized carbons (Fsp3) is 0.909. The van der Waals surface area contributed by atoms with E-state index in [4.69, 9.17) is 0 Å². The lowest BCUT2D eigenvalue weighted by Crippen LogP contribution is -2.48. The third-order valence-corrected chi connectivity index (χ3v) is 3.30. The molecule has 0 unspecified atom stereocenters. The van der Waals surface area contributed by atoms with Gasteiger partial charge in [0.15, 0.2) is 0 Å². The maximum Gasteiger partial charge on any atom is 0.391 e. The van der Waals surface area contributed by atoms with Crippen molar-refractivity contribution >= 4 is 6.03 Å². The van der Waals surface area contributed by atoms with Crippen LogP contribution in [0.1, 0.15) is 26.7 Å². The molecule has 17 heavy (non-hydrogen) atoms. The number of piperidine rings is 1. The first-order valence-electron chi connectivity index (χ1n) is 5.82. The van der Waals surface area contributed by atoms with Crippen LogP contribution < -0.4 is 0 Å². The Morgan fingerprint density at radius 1 is 1.29 bits per heavy atom. The number of urea groups is 1. The molecule has 0 radical (unpaired) electrons. The van der Waals surface area contributed by atoms with Crippen LogP contribution >= 0.6 is 0 Å². The number of likely N-dealkylation sites (tertiary alicyclic amines) is 1. The van der Waals surface area contributed by atoms with Crippen molar-refractivity contribution in [1.82, 2.24) is 9.80 Å². The van der Waals surface area contributed by atoms with E-state index in [1.54, 1.807) is 11.9 Å². The number of alkyl halides is 3. The summed E-state index contributed by atoms with van der Waals surface area (Å²) in [6.07, 6.45) is -4.10. The maximum absolute atomic E-state index is 12.4. The summed E-state index contributed by atoms with van der Waals surface area (Å²) in [7, 11) is 1.67. The minimum atomic E-state index is -4.13. The third-order valence-electron chi connectivity index (χ3n) is 3.30. The zero-order chi connectivity index (χ0) is 13.2. The first-order valence-corrected chi connectivity index (χ1v) is 5.82. The van der Waals surface area contributed by atoms with Crippen LogP contribution in [-0.4, -0.2) is 48.2 Å². The van der Waals surface area contributed by atoms with Gasteiger partial charge >= 0.3 is 12.2 Å². The number of hydrogen-bond donors (Lipinski definition) is 0. The van der Waals surface area contributed by atoms with E-state index in [1.807, 2.05) is 13.8 Å². The molecule has 0 N–H and O–H groups in total. The fourth-order valence-corrected chi connectivity index (χ4v) is 1.84. The molecule has 100 valence electrons. The SMILES string of the molecule is CC(C)N(C)C(=O)N1CCC(C(F)(F)F)CC1. The van der Waals surface area contributed by atoms with E-state index >= 15 is 0 Å². The van der Waals surface area contributed by atoms with Gasteiger partial charge in [-0.15, -0.1) is 0 Å². The molecule has 0 spiro atoms. The lowest BCUT2D eigenvalue weighted by Gasteiger charge is -2.36. The molecule has 0 aromatic rings. The Hall–Kier alpha value is -0.940. The fourth-order valence-electron chi connectivity index (χ4n) is 1.84. The van der Waals surface area contributed by atoms with Gasteiger partial charge in [0.2, 0.25) is 0 Å². The molecule has 6 heteroatoms. The average molecular weight is 252 g/mol. The highest BCUT2D eigenvalue weighted by molar-refractivity contribution is 5.74. The van der Waals surface area contributed by atoms with Crippen LogP contribution in [0.25, 0.3) is 0 Å². The summed E-state index contributed by atoms with van der Waals surface area (Å²) < 4.78 is 37.3. The standard InChI is InChI=1S/C11H19F3N2O/c1-8(2)15(3)10(17)16-6-4-9(5-7-16)11(12,13)14/h8-9H,4-7H2,1-3H3. The minimum Gasteiger partial charge on any atom is -0.325 e. The van der Waals surface area contributed by atoms with Gasteiger partial charge in [0.25, 0.3) is 0 Å². The molecule has 0 bridgehead atoms. The van der Waals surface area contributed by atoms with Crippen LogP contribution in [0, 0.1) is 5.92 Å². The monoisotopic (exact) mass is 252 g/mol. The summed E-state index contributed by atoms with van der Waals surface area (Å²) in [4.78, 5) is 14.9. The molecule has 1 saturated heterocycles. The molecule has 0 aromatic carbocycles. The summed E-state index contributed by atoms with van der Waals surface area (Å²) in [5, 5.41) is 0. The van der Waals surface area contributed by atoms with Gasteiger partial charge in [-0.05, 0) is 26.7 Å². The Bertz CT molecular complexity index is 270. The largest absolute Gasteiger partial charge is 0.391 e. The van der Waals surface area contributed by atoms with Crippen LogP contribution in [0.4, 0.5) is 18.0 Å². The molecule has 1 aliphatic heterocycles. The highest BCUT2D eigenvalue weighted by atomic mass is 19.4. The first kappa shape index (κ1) is 14.1. The second-order valence-corrected chi connectivity index (χ2v) is 4.79. The minimum absolute atomic E-state index is 0.0151. The normalized spacial score (nSPS) is 18.6. The van der Waals surface area contributed by atoms with Gasteiger partial charge in [0.1, 0.15) is 0 Å². The quantitative estimate of drug-likeness (QED) is 0.704. The molecule has 3 nitrogen and oxygen atoms in total. The second kappa shape index (κ2) is 5.14. The van der Waals surface area contributed by atoms with Crippen molar-refractivity contribution in [2.45, 2.75) is 38.9 Å². The highest BCUT2D eigenvalue weighted by Crippen LogP contribution is 2.34. The molecular formula is C11H19F3N2O. The van der Waals surface area contributed by atoms with E-state index in [9.17, 15) is 18.0 Å². The Balaban J connectivity index is 2.50. The van der Waals surface area contributed by atoms with Gasteiger partial charge in [-0.2, -0.15) is 13.2 Å². The second-order valence-electron chi connectivity index (χ2n) is 4.79. The number of carbonyl (C=O) groups excluding carboxylic acids is 1. The Labute approximate surface area is 99.6 Å². The van der Waals surface area contributed by atoms with Crippen molar-refractivity contribution in [2.24, 2.45) is 5.92 Å². The molecule has 0 atom stereocenters. The molecule has 1 heterocycles. The molecule has 1 rings (SSSR count). The summed E-state index contributed by atoms with van der Waals surface area (Å²) in [5.74, 6) is -1.25.